The summed E-state index contributed by atoms with van der Waals surface area (Å²) in [6.45, 7) is 3.73. The van der Waals surface area contributed by atoms with Crippen LogP contribution in [0.25, 0.3) is 0 Å². The van der Waals surface area contributed by atoms with Crippen molar-refractivity contribution >= 4 is 48.3 Å². The molecule has 0 aromatic heterocycles. The number of thiol groups is 1. The predicted molar refractivity (Wildman–Crippen MR) is 118 cm³/mol. The van der Waals surface area contributed by atoms with Crippen molar-refractivity contribution in [3.8, 4) is 0 Å². The molecule has 0 aliphatic carbocycles. The maximum Gasteiger partial charge on any atom is 0.326 e. The van der Waals surface area contributed by atoms with E-state index in [9.17, 15) is 33.9 Å². The number of carbonyl (C=O) groups excluding carboxylic acids is 3. The van der Waals surface area contributed by atoms with Crippen molar-refractivity contribution in [2.45, 2.75) is 70.1 Å². The summed E-state index contributed by atoms with van der Waals surface area (Å²) >= 11 is 4.01. The number of nitrogens with two attached hydrogens (primary N) is 1. The van der Waals surface area contributed by atoms with E-state index >= 15 is 0 Å². The number of aliphatic carboxylic acids is 3. The number of hydrogen-bond donors (Lipinski definition) is 8. The summed E-state index contributed by atoms with van der Waals surface area (Å²) in [4.78, 5) is 70.3. The molecule has 0 aliphatic heterocycles. The van der Waals surface area contributed by atoms with Crippen LogP contribution in [-0.2, 0) is 28.8 Å². The Morgan fingerprint density at radius 3 is 1.61 bits per heavy atom. The van der Waals surface area contributed by atoms with E-state index in [1.807, 2.05) is 13.8 Å². The van der Waals surface area contributed by atoms with E-state index in [4.69, 9.17) is 15.9 Å². The molecular weight excluding hydrogens is 460 g/mol. The average molecular weight is 493 g/mol. The molecule has 0 spiro atoms. The molecule has 14 heteroatoms. The van der Waals surface area contributed by atoms with E-state index in [-0.39, 0.29) is 18.1 Å². The number of carbonyl (C=O) groups is 6. The van der Waals surface area contributed by atoms with E-state index in [1.165, 1.54) is 0 Å². The highest BCUT2D eigenvalue weighted by atomic mass is 32.1. The quantitative estimate of drug-likeness (QED) is 0.117. The Kier molecular flexibility index (Phi) is 13.7. The normalized spacial score (nSPS) is 14.5. The van der Waals surface area contributed by atoms with Gasteiger partial charge in [-0.2, -0.15) is 12.6 Å². The van der Waals surface area contributed by atoms with Gasteiger partial charge in [-0.1, -0.05) is 13.8 Å². The van der Waals surface area contributed by atoms with Crippen LogP contribution in [-0.4, -0.2) is 80.9 Å². The van der Waals surface area contributed by atoms with Gasteiger partial charge in [0.15, 0.2) is 0 Å². The summed E-state index contributed by atoms with van der Waals surface area (Å²) in [6, 6.07) is -5.09. The number of hydrogen-bond acceptors (Lipinski definition) is 8. The van der Waals surface area contributed by atoms with Crippen LogP contribution in [0.4, 0.5) is 0 Å². The van der Waals surface area contributed by atoms with Gasteiger partial charge in [-0.25, -0.2) is 4.79 Å². The largest absolute Gasteiger partial charge is 0.481 e. The van der Waals surface area contributed by atoms with Gasteiger partial charge in [-0.15, -0.1) is 0 Å². The van der Waals surface area contributed by atoms with Crippen LogP contribution in [0.1, 0.15) is 46.0 Å². The second-order valence-electron chi connectivity index (χ2n) is 7.81. The molecule has 4 atom stereocenters. The molecular formula is C19H32N4O9S. The monoisotopic (exact) mass is 492 g/mol. The first-order valence-corrected chi connectivity index (χ1v) is 10.9. The van der Waals surface area contributed by atoms with Crippen molar-refractivity contribution in [2.24, 2.45) is 11.7 Å². The van der Waals surface area contributed by atoms with Crippen molar-refractivity contribution in [2.75, 3.05) is 5.75 Å². The lowest BCUT2D eigenvalue weighted by molar-refractivity contribution is -0.144. The van der Waals surface area contributed by atoms with E-state index < -0.39 is 79.1 Å². The number of rotatable bonds is 16. The molecule has 0 aliphatic rings. The van der Waals surface area contributed by atoms with Gasteiger partial charge in [-0.3, -0.25) is 24.0 Å². The zero-order valence-electron chi connectivity index (χ0n) is 18.4. The van der Waals surface area contributed by atoms with Crippen LogP contribution < -0.4 is 21.7 Å². The van der Waals surface area contributed by atoms with Gasteiger partial charge < -0.3 is 37.0 Å². The molecule has 188 valence electrons. The SMILES string of the molecule is CC(C)CC(N)C(=O)NC(CS)C(=O)NC(CCC(=O)O)C(=O)NC(CCC(=O)O)C(=O)O. The number of carboxylic acids is 3. The van der Waals surface area contributed by atoms with Gasteiger partial charge in [0.1, 0.15) is 18.1 Å². The van der Waals surface area contributed by atoms with E-state index in [2.05, 4.69) is 28.6 Å². The Morgan fingerprint density at radius 2 is 1.18 bits per heavy atom. The van der Waals surface area contributed by atoms with Gasteiger partial charge in [0.2, 0.25) is 17.7 Å². The Hall–Kier alpha value is -2.87. The van der Waals surface area contributed by atoms with Gasteiger partial charge in [-0.05, 0) is 25.2 Å². The molecule has 0 aromatic carbocycles. The van der Waals surface area contributed by atoms with Crippen LogP contribution >= 0.6 is 12.6 Å². The Labute approximate surface area is 196 Å². The Bertz CT molecular complexity index is 732. The average Bonchev–Trinajstić information content (AvgIpc) is 2.70. The minimum absolute atomic E-state index is 0.126. The third-order valence-corrected chi connectivity index (χ3v) is 4.78. The number of nitrogens with one attached hydrogen (secondary N) is 3. The molecule has 13 nitrogen and oxygen atoms in total. The van der Waals surface area contributed by atoms with Gasteiger partial charge in [0.25, 0.3) is 0 Å². The second-order valence-corrected chi connectivity index (χ2v) is 8.17. The maximum absolute atomic E-state index is 12.6. The molecule has 0 saturated heterocycles. The first-order valence-electron chi connectivity index (χ1n) is 10.2. The summed E-state index contributed by atoms with van der Waals surface area (Å²) in [7, 11) is 0. The fourth-order valence-electron chi connectivity index (χ4n) is 2.69. The number of amides is 3. The van der Waals surface area contributed by atoms with Gasteiger partial charge >= 0.3 is 17.9 Å². The summed E-state index contributed by atoms with van der Waals surface area (Å²) in [6.07, 6.45) is -1.49. The highest BCUT2D eigenvalue weighted by Gasteiger charge is 2.30. The van der Waals surface area contributed by atoms with Crippen LogP contribution in [0.3, 0.4) is 0 Å². The predicted octanol–water partition coefficient (Wildman–Crippen LogP) is -1.44. The van der Waals surface area contributed by atoms with Crippen molar-refractivity contribution in [1.29, 1.82) is 0 Å². The summed E-state index contributed by atoms with van der Waals surface area (Å²) < 4.78 is 0. The van der Waals surface area contributed by atoms with Crippen LogP contribution in [0.5, 0.6) is 0 Å². The third-order valence-electron chi connectivity index (χ3n) is 4.42. The lowest BCUT2D eigenvalue weighted by Gasteiger charge is -2.24. The lowest BCUT2D eigenvalue weighted by Crippen LogP contribution is -2.57. The van der Waals surface area contributed by atoms with Crippen molar-refractivity contribution in [3.05, 3.63) is 0 Å². The van der Waals surface area contributed by atoms with E-state index in [1.54, 1.807) is 0 Å². The van der Waals surface area contributed by atoms with Crippen molar-refractivity contribution in [3.63, 3.8) is 0 Å². The maximum atomic E-state index is 12.6. The first kappa shape index (κ1) is 30.1. The summed E-state index contributed by atoms with van der Waals surface area (Å²) in [5, 5.41) is 33.6. The van der Waals surface area contributed by atoms with Gasteiger partial charge in [0.05, 0.1) is 6.04 Å². The van der Waals surface area contributed by atoms with Crippen molar-refractivity contribution < 1.29 is 44.1 Å². The highest BCUT2D eigenvalue weighted by molar-refractivity contribution is 7.80. The van der Waals surface area contributed by atoms with E-state index in [0.29, 0.717) is 6.42 Å². The first-order chi connectivity index (χ1) is 15.3. The minimum atomic E-state index is -1.56. The van der Waals surface area contributed by atoms with E-state index in [0.717, 1.165) is 0 Å². The standard InChI is InChI=1S/C19H32N4O9S/c1-9(2)7-10(20)16(28)23-13(8-33)18(30)21-11(3-5-14(24)25)17(29)22-12(19(31)32)4-6-15(26)27/h9-13,33H,3-8,20H2,1-2H3,(H,21,30)(H,22,29)(H,23,28)(H,24,25)(H,26,27)(H,31,32). The molecule has 0 rings (SSSR count). The van der Waals surface area contributed by atoms with Crippen LogP contribution in [0, 0.1) is 5.92 Å². The van der Waals surface area contributed by atoms with Crippen LogP contribution in [0.15, 0.2) is 0 Å². The summed E-state index contributed by atoms with van der Waals surface area (Å²) in [5.74, 6) is -6.52. The zero-order valence-corrected chi connectivity index (χ0v) is 19.3. The molecule has 0 radical (unpaired) electrons. The Balaban J connectivity index is 5.34. The second kappa shape index (κ2) is 15.1. The fraction of sp³-hybridized carbons (Fsp3) is 0.684. The third kappa shape index (κ3) is 12.7. The summed E-state index contributed by atoms with van der Waals surface area (Å²) in [5.41, 5.74) is 5.79. The van der Waals surface area contributed by atoms with Crippen LogP contribution in [0.2, 0.25) is 0 Å². The number of carboxylic acid groups (broad SMARTS) is 3. The highest BCUT2D eigenvalue weighted by Crippen LogP contribution is 2.06. The van der Waals surface area contributed by atoms with Gasteiger partial charge in [0, 0.05) is 18.6 Å². The molecule has 0 saturated carbocycles. The lowest BCUT2D eigenvalue weighted by atomic mass is 10.0. The zero-order chi connectivity index (χ0) is 25.7. The molecule has 8 N–H and O–H groups in total. The Morgan fingerprint density at radius 1 is 0.758 bits per heavy atom. The topological polar surface area (TPSA) is 225 Å². The molecule has 4 unspecified atom stereocenters. The smallest absolute Gasteiger partial charge is 0.326 e. The molecule has 33 heavy (non-hydrogen) atoms. The molecule has 0 bridgehead atoms. The molecule has 0 fully saturated rings. The minimum Gasteiger partial charge on any atom is -0.481 e. The molecule has 3 amide bonds. The fourth-order valence-corrected chi connectivity index (χ4v) is 2.95. The molecule has 0 aromatic rings. The molecule has 0 heterocycles. The van der Waals surface area contributed by atoms with Crippen molar-refractivity contribution in [1.82, 2.24) is 16.0 Å².